The lowest BCUT2D eigenvalue weighted by molar-refractivity contribution is -0.135. The van der Waals surface area contributed by atoms with E-state index in [0.29, 0.717) is 13.2 Å². The molecule has 7 heteroatoms. The number of carbonyl (C=O) groups is 1. The largest absolute Gasteiger partial charge is 0.368 e. The third-order valence-corrected chi connectivity index (χ3v) is 6.29. The maximum Gasteiger partial charge on any atom is 0.237 e. The molecule has 23 heavy (non-hydrogen) atoms. The van der Waals surface area contributed by atoms with Crippen molar-refractivity contribution in [1.29, 1.82) is 0 Å². The summed E-state index contributed by atoms with van der Waals surface area (Å²) in [5.74, 6) is 0.224. The summed E-state index contributed by atoms with van der Waals surface area (Å²) in [6.07, 6.45) is 2.80. The summed E-state index contributed by atoms with van der Waals surface area (Å²) in [6.45, 7) is 4.30. The average molecular weight is 349 g/mol. The highest BCUT2D eigenvalue weighted by Crippen LogP contribution is 2.26. The average Bonchev–Trinajstić information content (AvgIpc) is 3.26. The van der Waals surface area contributed by atoms with E-state index in [1.165, 1.54) is 10.4 Å². The Morgan fingerprint density at radius 2 is 2.30 bits per heavy atom. The molecule has 0 aliphatic carbocycles. The zero-order valence-corrected chi connectivity index (χ0v) is 14.4. The fraction of sp³-hybridized carbons (Fsp3) is 0.500. The van der Waals surface area contributed by atoms with Crippen molar-refractivity contribution in [3.8, 4) is 0 Å². The number of ether oxygens (including phenoxy) is 1. The maximum absolute atomic E-state index is 12.6. The number of rotatable bonds is 3. The smallest absolute Gasteiger partial charge is 0.237 e. The maximum atomic E-state index is 12.6. The van der Waals surface area contributed by atoms with E-state index >= 15 is 0 Å². The van der Waals surface area contributed by atoms with E-state index in [1.54, 1.807) is 28.9 Å². The van der Waals surface area contributed by atoms with Crippen LogP contribution in [0.5, 0.6) is 0 Å². The molecule has 0 saturated carbocycles. The summed E-state index contributed by atoms with van der Waals surface area (Å²) >= 11 is 3.42. The van der Waals surface area contributed by atoms with Crippen molar-refractivity contribution in [3.05, 3.63) is 38.5 Å². The first-order valence-corrected chi connectivity index (χ1v) is 9.62. The fourth-order valence-corrected chi connectivity index (χ4v) is 4.71. The minimum atomic E-state index is 0.00128. The SMILES string of the molecule is O=C(CN1CCO[C@H](c2nccs2)C1)N1CCc2sccc2C1. The molecule has 2 aromatic rings. The van der Waals surface area contributed by atoms with Crippen LogP contribution in [0.1, 0.15) is 21.6 Å². The summed E-state index contributed by atoms with van der Waals surface area (Å²) in [4.78, 5) is 22.6. The first-order valence-electron chi connectivity index (χ1n) is 7.86. The van der Waals surface area contributed by atoms with Gasteiger partial charge in [-0.15, -0.1) is 22.7 Å². The summed E-state index contributed by atoms with van der Waals surface area (Å²) in [7, 11) is 0. The van der Waals surface area contributed by atoms with Gasteiger partial charge in [-0.25, -0.2) is 4.98 Å². The fourth-order valence-electron chi connectivity index (χ4n) is 3.14. The van der Waals surface area contributed by atoms with E-state index in [9.17, 15) is 4.79 Å². The van der Waals surface area contributed by atoms with Gasteiger partial charge in [0, 0.05) is 42.6 Å². The minimum absolute atomic E-state index is 0.00128. The van der Waals surface area contributed by atoms with E-state index in [-0.39, 0.29) is 12.0 Å². The molecule has 1 atom stereocenters. The minimum Gasteiger partial charge on any atom is -0.368 e. The van der Waals surface area contributed by atoms with Crippen molar-refractivity contribution in [2.24, 2.45) is 0 Å². The normalized spacial score (nSPS) is 22.1. The molecule has 4 heterocycles. The van der Waals surface area contributed by atoms with E-state index in [0.717, 1.165) is 37.6 Å². The first-order chi connectivity index (χ1) is 11.3. The standard InChI is InChI=1S/C16H19N3O2S2/c20-15(19-4-1-14-12(9-19)2-7-22-14)11-18-5-6-21-13(10-18)16-17-3-8-23-16/h2-3,7-8,13H,1,4-6,9-11H2/t13-/m0/s1. The molecule has 122 valence electrons. The zero-order valence-electron chi connectivity index (χ0n) is 12.8. The number of carbonyl (C=O) groups excluding carboxylic acids is 1. The molecule has 1 amide bonds. The lowest BCUT2D eigenvalue weighted by Gasteiger charge is -2.34. The van der Waals surface area contributed by atoms with Crippen molar-refractivity contribution in [1.82, 2.24) is 14.8 Å². The summed E-state index contributed by atoms with van der Waals surface area (Å²) < 4.78 is 5.80. The van der Waals surface area contributed by atoms with Crippen LogP contribution in [-0.4, -0.2) is 53.5 Å². The number of thiophene rings is 1. The number of thiazole rings is 1. The highest BCUT2D eigenvalue weighted by atomic mass is 32.1. The molecule has 2 aromatic heterocycles. The van der Waals surface area contributed by atoms with Crippen molar-refractivity contribution in [2.45, 2.75) is 19.1 Å². The van der Waals surface area contributed by atoms with Gasteiger partial charge in [0.05, 0.1) is 13.2 Å². The van der Waals surface area contributed by atoms with Gasteiger partial charge in [0.15, 0.2) is 0 Å². The monoisotopic (exact) mass is 349 g/mol. The predicted octanol–water partition coefficient (Wildman–Crippen LogP) is 2.16. The van der Waals surface area contributed by atoms with Crippen LogP contribution in [-0.2, 0) is 22.5 Å². The molecule has 0 radical (unpaired) electrons. The second-order valence-electron chi connectivity index (χ2n) is 5.90. The van der Waals surface area contributed by atoms with Crippen molar-refractivity contribution < 1.29 is 9.53 Å². The topological polar surface area (TPSA) is 45.7 Å². The first kappa shape index (κ1) is 15.3. The predicted molar refractivity (Wildman–Crippen MR) is 90.7 cm³/mol. The second-order valence-corrected chi connectivity index (χ2v) is 7.83. The molecule has 0 unspecified atom stereocenters. The molecule has 5 nitrogen and oxygen atoms in total. The van der Waals surface area contributed by atoms with Gasteiger partial charge in [-0.3, -0.25) is 9.69 Å². The van der Waals surface area contributed by atoms with Crippen LogP contribution in [0.15, 0.2) is 23.0 Å². The Labute approximate surface area is 143 Å². The van der Waals surface area contributed by atoms with Crippen molar-refractivity contribution in [2.75, 3.05) is 32.8 Å². The number of aromatic nitrogens is 1. The van der Waals surface area contributed by atoms with Crippen LogP contribution >= 0.6 is 22.7 Å². The van der Waals surface area contributed by atoms with E-state index in [4.69, 9.17) is 4.74 Å². The Morgan fingerprint density at radius 3 is 3.17 bits per heavy atom. The molecule has 0 spiro atoms. The van der Waals surface area contributed by atoms with E-state index in [2.05, 4.69) is 21.3 Å². The van der Waals surface area contributed by atoms with Gasteiger partial charge in [-0.2, -0.15) is 0 Å². The molecule has 2 aliphatic rings. The van der Waals surface area contributed by atoms with Crippen molar-refractivity contribution >= 4 is 28.6 Å². The summed E-state index contributed by atoms with van der Waals surface area (Å²) in [6, 6.07) is 2.15. The Bertz CT molecular complexity index is 671. The Kier molecular flexibility index (Phi) is 4.43. The summed E-state index contributed by atoms with van der Waals surface area (Å²) in [5, 5.41) is 5.09. The second kappa shape index (κ2) is 6.68. The molecular formula is C16H19N3O2S2. The van der Waals surface area contributed by atoms with Gasteiger partial charge >= 0.3 is 0 Å². The van der Waals surface area contributed by atoms with Crippen LogP contribution in [0.3, 0.4) is 0 Å². The van der Waals surface area contributed by atoms with Crippen LogP contribution in [0.4, 0.5) is 0 Å². The lowest BCUT2D eigenvalue weighted by Crippen LogP contribution is -2.46. The zero-order chi connectivity index (χ0) is 15.6. The van der Waals surface area contributed by atoms with Gasteiger partial charge in [0.25, 0.3) is 0 Å². The van der Waals surface area contributed by atoms with Gasteiger partial charge in [0.1, 0.15) is 11.1 Å². The van der Waals surface area contributed by atoms with Crippen LogP contribution in [0.25, 0.3) is 0 Å². The van der Waals surface area contributed by atoms with Crippen LogP contribution < -0.4 is 0 Å². The number of nitrogens with zero attached hydrogens (tertiary/aromatic N) is 3. The van der Waals surface area contributed by atoms with Gasteiger partial charge < -0.3 is 9.64 Å². The molecule has 0 bridgehead atoms. The van der Waals surface area contributed by atoms with Gasteiger partial charge in [-0.05, 0) is 23.4 Å². The number of morpholine rings is 1. The third-order valence-electron chi connectivity index (χ3n) is 4.40. The summed E-state index contributed by atoms with van der Waals surface area (Å²) in [5.41, 5.74) is 1.32. The quantitative estimate of drug-likeness (QED) is 0.852. The molecule has 1 fully saturated rings. The Hall–Kier alpha value is -1.28. The number of amides is 1. The van der Waals surface area contributed by atoms with Gasteiger partial charge in [-0.1, -0.05) is 0 Å². The van der Waals surface area contributed by atoms with Gasteiger partial charge in [0.2, 0.25) is 5.91 Å². The number of hydrogen-bond donors (Lipinski definition) is 0. The lowest BCUT2D eigenvalue weighted by atomic mass is 10.1. The molecule has 4 rings (SSSR count). The van der Waals surface area contributed by atoms with Crippen LogP contribution in [0, 0.1) is 0 Å². The van der Waals surface area contributed by atoms with E-state index < -0.39 is 0 Å². The highest BCUT2D eigenvalue weighted by Gasteiger charge is 2.28. The highest BCUT2D eigenvalue weighted by molar-refractivity contribution is 7.10. The third kappa shape index (κ3) is 3.33. The van der Waals surface area contributed by atoms with E-state index in [1.807, 2.05) is 10.3 Å². The van der Waals surface area contributed by atoms with Crippen molar-refractivity contribution in [3.63, 3.8) is 0 Å². The molecule has 1 saturated heterocycles. The number of hydrogen-bond acceptors (Lipinski definition) is 6. The Balaban J connectivity index is 1.35. The molecular weight excluding hydrogens is 330 g/mol. The molecule has 2 aliphatic heterocycles. The Morgan fingerprint density at radius 1 is 1.35 bits per heavy atom. The molecule has 0 aromatic carbocycles. The number of fused-ring (bicyclic) bond motifs is 1. The molecule has 0 N–H and O–H groups in total. The van der Waals surface area contributed by atoms with Crippen LogP contribution in [0.2, 0.25) is 0 Å².